The molecule has 1 saturated carbocycles. The summed E-state index contributed by atoms with van der Waals surface area (Å²) in [6, 6.07) is 7.36. The summed E-state index contributed by atoms with van der Waals surface area (Å²) in [4.78, 5) is 10.7. The van der Waals surface area contributed by atoms with Crippen LogP contribution in [0.5, 0.6) is 5.75 Å². The Hall–Kier alpha value is -1.35. The summed E-state index contributed by atoms with van der Waals surface area (Å²) in [5.41, 5.74) is 0.767. The van der Waals surface area contributed by atoms with E-state index in [0.717, 1.165) is 31.5 Å². The number of benzene rings is 1. The molecule has 1 aromatic carbocycles. The van der Waals surface area contributed by atoms with Crippen LogP contribution in [0.25, 0.3) is 0 Å². The molecule has 3 heteroatoms. The predicted molar refractivity (Wildman–Crippen MR) is 68.0 cm³/mol. The van der Waals surface area contributed by atoms with E-state index < -0.39 is 0 Å². The number of carbonyl (C=O) groups excluding carboxylic acids is 1. The van der Waals surface area contributed by atoms with E-state index in [1.54, 1.807) is 12.1 Å². The van der Waals surface area contributed by atoms with Crippen molar-refractivity contribution >= 4 is 6.29 Å². The highest BCUT2D eigenvalue weighted by molar-refractivity contribution is 5.75. The zero-order valence-corrected chi connectivity index (χ0v) is 10.4. The Balaban J connectivity index is 1.66. The first kappa shape index (κ1) is 11.7. The van der Waals surface area contributed by atoms with Gasteiger partial charge in [-0.2, -0.15) is 0 Å². The van der Waals surface area contributed by atoms with Crippen molar-refractivity contribution in [3.05, 3.63) is 29.8 Å². The van der Waals surface area contributed by atoms with Crippen molar-refractivity contribution in [2.45, 2.75) is 43.8 Å². The molecule has 2 aliphatic rings. The maximum absolute atomic E-state index is 10.7. The van der Waals surface area contributed by atoms with Gasteiger partial charge < -0.3 is 9.47 Å². The van der Waals surface area contributed by atoms with E-state index in [9.17, 15) is 4.79 Å². The largest absolute Gasteiger partial charge is 0.490 e. The van der Waals surface area contributed by atoms with E-state index in [-0.39, 0.29) is 11.7 Å². The van der Waals surface area contributed by atoms with Crippen LogP contribution in [0.4, 0.5) is 0 Å². The maximum atomic E-state index is 10.7. The monoisotopic (exact) mass is 246 g/mol. The van der Waals surface area contributed by atoms with E-state index in [2.05, 4.69) is 0 Å². The van der Waals surface area contributed by atoms with Gasteiger partial charge in [0, 0.05) is 18.4 Å². The molecule has 1 aromatic rings. The molecule has 1 heterocycles. The van der Waals surface area contributed by atoms with E-state index in [4.69, 9.17) is 9.47 Å². The highest BCUT2D eigenvalue weighted by atomic mass is 16.5. The van der Waals surface area contributed by atoms with Crippen molar-refractivity contribution in [3.63, 3.8) is 0 Å². The average Bonchev–Trinajstić information content (AvgIpc) is 2.37. The Morgan fingerprint density at radius 3 is 3.00 bits per heavy atom. The van der Waals surface area contributed by atoms with Crippen LogP contribution >= 0.6 is 0 Å². The van der Waals surface area contributed by atoms with E-state index in [1.165, 1.54) is 19.3 Å². The highest BCUT2D eigenvalue weighted by Crippen LogP contribution is 2.43. The number of aldehydes is 1. The van der Waals surface area contributed by atoms with Crippen molar-refractivity contribution in [1.82, 2.24) is 0 Å². The van der Waals surface area contributed by atoms with Gasteiger partial charge in [0.05, 0.1) is 12.2 Å². The highest BCUT2D eigenvalue weighted by Gasteiger charge is 2.43. The summed E-state index contributed by atoms with van der Waals surface area (Å²) in [5, 5.41) is 0. The summed E-state index contributed by atoms with van der Waals surface area (Å²) >= 11 is 0. The van der Waals surface area contributed by atoms with Gasteiger partial charge in [-0.3, -0.25) is 4.79 Å². The molecule has 2 fully saturated rings. The first-order valence-electron chi connectivity index (χ1n) is 6.66. The first-order valence-corrected chi connectivity index (χ1v) is 6.66. The third kappa shape index (κ3) is 2.27. The molecule has 1 unspecified atom stereocenters. The third-order valence-corrected chi connectivity index (χ3v) is 4.01. The molecule has 0 amide bonds. The second kappa shape index (κ2) is 4.73. The normalized spacial score (nSPS) is 25.4. The van der Waals surface area contributed by atoms with Crippen LogP contribution in [-0.2, 0) is 4.74 Å². The minimum absolute atomic E-state index is 0.102. The summed E-state index contributed by atoms with van der Waals surface area (Å²) in [6.07, 6.45) is 6.60. The fraction of sp³-hybridized carbons (Fsp3) is 0.533. The zero-order valence-electron chi connectivity index (χ0n) is 10.4. The fourth-order valence-corrected chi connectivity index (χ4v) is 2.86. The van der Waals surface area contributed by atoms with Crippen LogP contribution in [-0.4, -0.2) is 24.6 Å². The van der Waals surface area contributed by atoms with Crippen LogP contribution < -0.4 is 4.74 Å². The Labute approximate surface area is 107 Å². The summed E-state index contributed by atoms with van der Waals surface area (Å²) in [6.45, 7) is 0.790. The Morgan fingerprint density at radius 1 is 1.39 bits per heavy atom. The minimum Gasteiger partial charge on any atom is -0.490 e. The van der Waals surface area contributed by atoms with Crippen molar-refractivity contribution in [2.75, 3.05) is 6.61 Å². The number of ether oxygens (including phenoxy) is 2. The molecule has 3 nitrogen and oxygen atoms in total. The van der Waals surface area contributed by atoms with Gasteiger partial charge in [0.15, 0.2) is 0 Å². The van der Waals surface area contributed by atoms with Crippen LogP contribution in [0, 0.1) is 0 Å². The molecule has 3 rings (SSSR count). The van der Waals surface area contributed by atoms with Crippen LogP contribution in [0.1, 0.15) is 42.5 Å². The zero-order chi connectivity index (χ0) is 12.4. The first-order chi connectivity index (χ1) is 8.80. The number of hydrogen-bond acceptors (Lipinski definition) is 3. The van der Waals surface area contributed by atoms with Gasteiger partial charge in [-0.15, -0.1) is 0 Å². The van der Waals surface area contributed by atoms with Crippen molar-refractivity contribution in [3.8, 4) is 5.75 Å². The molecule has 1 aliphatic heterocycles. The second-order valence-corrected chi connectivity index (χ2v) is 5.31. The Kier molecular flexibility index (Phi) is 3.08. The fourth-order valence-electron chi connectivity index (χ4n) is 2.86. The van der Waals surface area contributed by atoms with Crippen LogP contribution in [0.2, 0.25) is 0 Å². The molecule has 0 radical (unpaired) electrons. The van der Waals surface area contributed by atoms with Gasteiger partial charge in [-0.25, -0.2) is 0 Å². The summed E-state index contributed by atoms with van der Waals surface area (Å²) in [7, 11) is 0. The standard InChI is InChI=1S/C15H18O3/c16-11-12-3-1-4-13(9-12)18-14-5-8-17-15(10-14)6-2-7-15/h1,3-4,9,11,14H,2,5-8,10H2. The van der Waals surface area contributed by atoms with Gasteiger partial charge in [-0.05, 0) is 31.4 Å². The van der Waals surface area contributed by atoms with Gasteiger partial charge >= 0.3 is 0 Å². The van der Waals surface area contributed by atoms with E-state index in [0.29, 0.717) is 5.56 Å². The molecule has 1 atom stereocenters. The molecule has 1 aliphatic carbocycles. The smallest absolute Gasteiger partial charge is 0.150 e. The Bertz CT molecular complexity index is 437. The van der Waals surface area contributed by atoms with E-state index in [1.807, 2.05) is 12.1 Å². The second-order valence-electron chi connectivity index (χ2n) is 5.31. The minimum atomic E-state index is 0.102. The Morgan fingerprint density at radius 2 is 2.28 bits per heavy atom. The quantitative estimate of drug-likeness (QED) is 0.769. The van der Waals surface area contributed by atoms with Crippen LogP contribution in [0.3, 0.4) is 0 Å². The average molecular weight is 246 g/mol. The molecular weight excluding hydrogens is 228 g/mol. The third-order valence-electron chi connectivity index (χ3n) is 4.01. The topological polar surface area (TPSA) is 35.5 Å². The lowest BCUT2D eigenvalue weighted by atomic mass is 9.74. The van der Waals surface area contributed by atoms with Crippen molar-refractivity contribution in [2.24, 2.45) is 0 Å². The van der Waals surface area contributed by atoms with Gasteiger partial charge in [-0.1, -0.05) is 12.1 Å². The van der Waals surface area contributed by atoms with Gasteiger partial charge in [0.1, 0.15) is 18.1 Å². The lowest BCUT2D eigenvalue weighted by Gasteiger charge is -2.46. The molecular formula is C15H18O3. The van der Waals surface area contributed by atoms with Gasteiger partial charge in [0.2, 0.25) is 0 Å². The SMILES string of the molecule is O=Cc1cccc(OC2CCOC3(CCC3)C2)c1. The predicted octanol–water partition coefficient (Wildman–Crippen LogP) is 2.98. The van der Waals surface area contributed by atoms with Crippen LogP contribution in [0.15, 0.2) is 24.3 Å². The number of rotatable bonds is 3. The maximum Gasteiger partial charge on any atom is 0.150 e. The van der Waals surface area contributed by atoms with Crippen molar-refractivity contribution in [1.29, 1.82) is 0 Å². The molecule has 18 heavy (non-hydrogen) atoms. The number of hydrogen-bond donors (Lipinski definition) is 0. The van der Waals surface area contributed by atoms with Crippen molar-refractivity contribution < 1.29 is 14.3 Å². The molecule has 0 bridgehead atoms. The summed E-state index contributed by atoms with van der Waals surface area (Å²) in [5.74, 6) is 0.793. The van der Waals surface area contributed by atoms with E-state index >= 15 is 0 Å². The molecule has 0 aromatic heterocycles. The lowest BCUT2D eigenvalue weighted by molar-refractivity contribution is -0.153. The molecule has 96 valence electrons. The molecule has 1 saturated heterocycles. The molecule has 1 spiro atoms. The number of carbonyl (C=O) groups is 1. The summed E-state index contributed by atoms with van der Waals surface area (Å²) < 4.78 is 11.9. The lowest BCUT2D eigenvalue weighted by Crippen LogP contribution is -2.48. The van der Waals surface area contributed by atoms with Gasteiger partial charge in [0.25, 0.3) is 0 Å². The molecule has 0 N–H and O–H groups in total.